The number of hydrogen-bond donors (Lipinski definition) is 1. The van der Waals surface area contributed by atoms with Crippen molar-refractivity contribution in [3.63, 3.8) is 0 Å². The van der Waals surface area contributed by atoms with Gasteiger partial charge in [0.25, 0.3) is 11.4 Å². The summed E-state index contributed by atoms with van der Waals surface area (Å²) >= 11 is 5.72. The summed E-state index contributed by atoms with van der Waals surface area (Å²) in [6, 6.07) is 13.5. The first-order chi connectivity index (χ1) is 16.0. The lowest BCUT2D eigenvalue weighted by Crippen LogP contribution is -2.46. The van der Waals surface area contributed by atoms with Crippen molar-refractivity contribution in [2.45, 2.75) is 0 Å². The number of anilines is 2. The van der Waals surface area contributed by atoms with Gasteiger partial charge in [0.1, 0.15) is 0 Å². The minimum Gasteiger partial charge on any atom is -0.369 e. The molecule has 0 aromatic heterocycles. The molecule has 4 rings (SSSR count). The molecule has 0 saturated carbocycles. The van der Waals surface area contributed by atoms with Gasteiger partial charge in [0.15, 0.2) is 0 Å². The van der Waals surface area contributed by atoms with Crippen LogP contribution in [0, 0.1) is 20.2 Å². The van der Waals surface area contributed by atoms with E-state index in [1.807, 2.05) is 24.3 Å². The van der Waals surface area contributed by atoms with E-state index in [4.69, 9.17) is 11.6 Å². The van der Waals surface area contributed by atoms with Crippen LogP contribution < -0.4 is 15.1 Å². The second-order valence-electron chi connectivity index (χ2n) is 7.80. The molecule has 0 unspecified atom stereocenters. The third-order valence-corrected chi connectivity index (χ3v) is 5.91. The van der Waals surface area contributed by atoms with E-state index < -0.39 is 0 Å². The van der Waals surface area contributed by atoms with Crippen molar-refractivity contribution in [3.8, 4) is 0 Å². The molecule has 0 spiro atoms. The van der Waals surface area contributed by atoms with Gasteiger partial charge in [-0.3, -0.25) is 25.1 Å². The van der Waals surface area contributed by atoms with Crippen molar-refractivity contribution >= 4 is 34.4 Å². The molecule has 2 fully saturated rings. The molecule has 0 radical (unpaired) electrons. The fourth-order valence-corrected chi connectivity index (χ4v) is 4.08. The molecular weight excluding hydrogens is 448 g/mol. The Bertz CT molecular complexity index is 898. The molecule has 0 aliphatic carbocycles. The van der Waals surface area contributed by atoms with E-state index >= 15 is 0 Å². The summed E-state index contributed by atoms with van der Waals surface area (Å²) in [7, 11) is 0. The van der Waals surface area contributed by atoms with Crippen LogP contribution in [0.2, 0.25) is 0 Å². The normalized spacial score (nSPS) is 16.6. The van der Waals surface area contributed by atoms with Crippen molar-refractivity contribution in [1.29, 1.82) is 0 Å². The third-order valence-electron chi connectivity index (χ3n) is 5.74. The number of rotatable bonds is 6. The number of piperazine rings is 2. The van der Waals surface area contributed by atoms with Crippen LogP contribution in [0.1, 0.15) is 0 Å². The molecule has 33 heavy (non-hydrogen) atoms. The van der Waals surface area contributed by atoms with Crippen LogP contribution in [0.15, 0.2) is 48.5 Å². The Morgan fingerprint density at radius 2 is 1.15 bits per heavy atom. The van der Waals surface area contributed by atoms with Crippen LogP contribution >= 0.6 is 11.6 Å². The molecule has 1 N–H and O–H groups in total. The molecule has 2 heterocycles. The molecule has 2 aromatic rings. The second kappa shape index (κ2) is 12.3. The SMILES string of the molecule is O=[N+]([O-])c1ccc(N2CCN(CCCl)CC2)cc1.O=[N+]([O-])c1ccc(N2CCNCC2)cc1. The Morgan fingerprint density at radius 1 is 0.727 bits per heavy atom. The van der Waals surface area contributed by atoms with Gasteiger partial charge in [-0.15, -0.1) is 11.6 Å². The molecule has 10 nitrogen and oxygen atoms in total. The molecule has 0 atom stereocenters. The summed E-state index contributed by atoms with van der Waals surface area (Å²) in [5.41, 5.74) is 2.39. The zero-order chi connectivity index (χ0) is 23.6. The number of hydrogen-bond acceptors (Lipinski definition) is 8. The van der Waals surface area contributed by atoms with E-state index in [-0.39, 0.29) is 21.2 Å². The summed E-state index contributed by atoms with van der Waals surface area (Å²) < 4.78 is 0. The molecule has 2 aromatic carbocycles. The van der Waals surface area contributed by atoms with E-state index in [1.54, 1.807) is 24.3 Å². The average Bonchev–Trinajstić information content (AvgIpc) is 2.86. The highest BCUT2D eigenvalue weighted by Crippen LogP contribution is 2.21. The maximum atomic E-state index is 10.6. The number of nitro benzene ring substituents is 2. The summed E-state index contributed by atoms with van der Waals surface area (Å²) in [6.07, 6.45) is 0. The predicted molar refractivity (Wildman–Crippen MR) is 131 cm³/mol. The van der Waals surface area contributed by atoms with Crippen LogP contribution in [-0.2, 0) is 0 Å². The van der Waals surface area contributed by atoms with Crippen molar-refractivity contribution in [2.24, 2.45) is 0 Å². The Kier molecular flexibility index (Phi) is 9.23. The number of nitrogens with one attached hydrogen (secondary N) is 1. The summed E-state index contributed by atoms with van der Waals surface area (Å²) in [4.78, 5) is 27.1. The number of nitrogens with zero attached hydrogens (tertiary/aromatic N) is 5. The Balaban J connectivity index is 0.000000189. The fraction of sp³-hybridized carbons (Fsp3) is 0.455. The second-order valence-corrected chi connectivity index (χ2v) is 8.18. The maximum absolute atomic E-state index is 10.6. The van der Waals surface area contributed by atoms with Crippen molar-refractivity contribution in [1.82, 2.24) is 10.2 Å². The smallest absolute Gasteiger partial charge is 0.269 e. The molecule has 11 heteroatoms. The quantitative estimate of drug-likeness (QED) is 0.385. The minimum absolute atomic E-state index is 0.138. The van der Waals surface area contributed by atoms with E-state index in [0.717, 1.165) is 70.3 Å². The van der Waals surface area contributed by atoms with Gasteiger partial charge in [-0.2, -0.15) is 0 Å². The summed E-state index contributed by atoms with van der Waals surface area (Å²) in [6.45, 7) is 8.63. The highest BCUT2D eigenvalue weighted by molar-refractivity contribution is 6.18. The molecule has 2 aliphatic heterocycles. The zero-order valence-electron chi connectivity index (χ0n) is 18.4. The van der Waals surface area contributed by atoms with E-state index in [1.165, 1.54) is 0 Å². The van der Waals surface area contributed by atoms with Gasteiger partial charge in [0.05, 0.1) is 9.85 Å². The van der Waals surface area contributed by atoms with Crippen molar-refractivity contribution in [2.75, 3.05) is 74.6 Å². The van der Waals surface area contributed by atoms with Gasteiger partial charge >= 0.3 is 0 Å². The van der Waals surface area contributed by atoms with E-state index in [9.17, 15) is 20.2 Å². The minimum atomic E-state index is -0.373. The summed E-state index contributed by atoms with van der Waals surface area (Å²) in [5.74, 6) is 0.664. The van der Waals surface area contributed by atoms with Gasteiger partial charge in [0, 0.05) is 100 Å². The average molecular weight is 477 g/mol. The fourth-order valence-electron chi connectivity index (χ4n) is 3.84. The largest absolute Gasteiger partial charge is 0.369 e. The Hall–Kier alpha value is -2.95. The monoisotopic (exact) mass is 476 g/mol. The first-order valence-corrected chi connectivity index (χ1v) is 11.5. The Labute approximate surface area is 198 Å². The van der Waals surface area contributed by atoms with Gasteiger partial charge in [-0.1, -0.05) is 0 Å². The molecule has 0 bridgehead atoms. The van der Waals surface area contributed by atoms with Crippen molar-refractivity contribution < 1.29 is 9.85 Å². The topological polar surface area (TPSA) is 108 Å². The van der Waals surface area contributed by atoms with Gasteiger partial charge in [-0.25, -0.2) is 0 Å². The van der Waals surface area contributed by atoms with Crippen LogP contribution in [0.5, 0.6) is 0 Å². The molecule has 2 aliphatic rings. The van der Waals surface area contributed by atoms with Crippen LogP contribution in [0.25, 0.3) is 0 Å². The van der Waals surface area contributed by atoms with Gasteiger partial charge < -0.3 is 15.1 Å². The molecule has 178 valence electrons. The van der Waals surface area contributed by atoms with E-state index in [2.05, 4.69) is 20.0 Å². The number of halogens is 1. The van der Waals surface area contributed by atoms with Crippen LogP contribution in [0.3, 0.4) is 0 Å². The maximum Gasteiger partial charge on any atom is 0.269 e. The first kappa shape index (κ1) is 24.7. The predicted octanol–water partition coefficient (Wildman–Crippen LogP) is 2.96. The number of nitro groups is 2. The standard InChI is InChI=1S/C12H16ClN3O2.C10H13N3O2/c13-5-6-14-7-9-15(10-8-14)11-1-3-12(4-2-11)16(17)18;14-13(15)10-3-1-9(2-4-10)12-7-5-11-6-8-12/h1-4H,5-10H2;1-4,11H,5-8H2. The molecule has 0 amide bonds. The number of non-ortho nitro benzene ring substituents is 2. The van der Waals surface area contributed by atoms with Crippen molar-refractivity contribution in [3.05, 3.63) is 68.8 Å². The summed E-state index contributed by atoms with van der Waals surface area (Å²) in [5, 5.41) is 24.3. The highest BCUT2D eigenvalue weighted by atomic mass is 35.5. The first-order valence-electron chi connectivity index (χ1n) is 11.0. The highest BCUT2D eigenvalue weighted by Gasteiger charge is 2.17. The lowest BCUT2D eigenvalue weighted by Gasteiger charge is -2.35. The van der Waals surface area contributed by atoms with Gasteiger partial charge in [0.2, 0.25) is 0 Å². The number of benzene rings is 2. The number of alkyl halides is 1. The third kappa shape index (κ3) is 7.28. The van der Waals surface area contributed by atoms with E-state index in [0.29, 0.717) is 5.88 Å². The molecular formula is C22H29ClN6O4. The lowest BCUT2D eigenvalue weighted by atomic mass is 10.2. The van der Waals surface area contributed by atoms with Crippen LogP contribution in [0.4, 0.5) is 22.7 Å². The lowest BCUT2D eigenvalue weighted by molar-refractivity contribution is -0.385. The van der Waals surface area contributed by atoms with Crippen LogP contribution in [-0.4, -0.2) is 79.5 Å². The zero-order valence-corrected chi connectivity index (χ0v) is 19.2. The molecule has 2 saturated heterocycles. The van der Waals surface area contributed by atoms with Gasteiger partial charge in [-0.05, 0) is 24.3 Å². The Morgan fingerprint density at radius 3 is 1.55 bits per heavy atom.